The van der Waals surface area contributed by atoms with Gasteiger partial charge in [-0.15, -0.1) is 0 Å². The first-order valence-electron chi connectivity index (χ1n) is 10.7. The van der Waals surface area contributed by atoms with E-state index in [4.69, 9.17) is 14.2 Å². The van der Waals surface area contributed by atoms with Crippen molar-refractivity contribution in [3.05, 3.63) is 18.1 Å². The van der Waals surface area contributed by atoms with Crippen LogP contribution >= 0.6 is 0 Å². The number of aryl methyl sites for hydroxylation is 1. The molecule has 0 saturated carbocycles. The van der Waals surface area contributed by atoms with Gasteiger partial charge in [-0.25, -0.2) is 28.9 Å². The van der Waals surface area contributed by atoms with Crippen LogP contribution < -0.4 is 10.6 Å². The molecule has 12 heteroatoms. The quantitative estimate of drug-likeness (QED) is 0.499. The van der Waals surface area contributed by atoms with E-state index in [-0.39, 0.29) is 37.7 Å². The first kappa shape index (κ1) is 25.8. The third-order valence-electron chi connectivity index (χ3n) is 4.31. The van der Waals surface area contributed by atoms with Crippen molar-refractivity contribution in [2.24, 2.45) is 0 Å². The molecule has 0 radical (unpaired) electrons. The Bertz CT molecular complexity index is 983. The molecule has 33 heavy (non-hydrogen) atoms. The monoisotopic (exact) mass is 465 g/mol. The number of anilines is 1. The maximum Gasteiger partial charge on any atom is 0.419 e. The molecule has 2 aromatic rings. The van der Waals surface area contributed by atoms with Crippen molar-refractivity contribution < 1.29 is 33.7 Å². The maximum absolute atomic E-state index is 12.7. The number of nitrogens with zero attached hydrogens (tertiary/aromatic N) is 3. The van der Waals surface area contributed by atoms with E-state index in [0.717, 1.165) is 0 Å². The van der Waals surface area contributed by atoms with E-state index in [0.29, 0.717) is 17.5 Å². The molecule has 2 aromatic heterocycles. The molecule has 0 unspecified atom stereocenters. The Morgan fingerprint density at radius 3 is 2.42 bits per heavy atom. The highest BCUT2D eigenvalue weighted by atomic mass is 16.6. The van der Waals surface area contributed by atoms with Gasteiger partial charge in [0.25, 0.3) is 0 Å². The predicted octanol–water partition coefficient (Wildman–Crippen LogP) is 2.82. The molecule has 0 aliphatic carbocycles. The highest BCUT2D eigenvalue weighted by molar-refractivity contribution is 5.99. The van der Waals surface area contributed by atoms with Crippen LogP contribution in [0.5, 0.6) is 0 Å². The largest absolute Gasteiger partial charge is 0.450 e. The third-order valence-corrected chi connectivity index (χ3v) is 4.31. The smallest absolute Gasteiger partial charge is 0.419 e. The van der Waals surface area contributed by atoms with Crippen LogP contribution in [-0.4, -0.2) is 69.4 Å². The zero-order valence-electron chi connectivity index (χ0n) is 19.5. The summed E-state index contributed by atoms with van der Waals surface area (Å²) in [4.78, 5) is 44.8. The van der Waals surface area contributed by atoms with E-state index < -0.39 is 29.9 Å². The molecule has 182 valence electrons. The second-order valence-corrected chi connectivity index (χ2v) is 8.04. The fourth-order valence-electron chi connectivity index (χ4n) is 3.01. The SMILES string of the molecule is CCOC(=O)Nc1ncnc2c1cc(CC[C@@H](CO)NC(=O)OC(C)(C)C)n2C(=O)OCC. The topological polar surface area (TPSA) is 154 Å². The van der Waals surface area contributed by atoms with Crippen LogP contribution in [0.15, 0.2) is 12.4 Å². The summed E-state index contributed by atoms with van der Waals surface area (Å²) in [6.07, 6.45) is -0.216. The molecule has 2 amide bonds. The summed E-state index contributed by atoms with van der Waals surface area (Å²) in [7, 11) is 0. The zero-order valence-corrected chi connectivity index (χ0v) is 19.5. The van der Waals surface area contributed by atoms with Gasteiger partial charge in [-0.1, -0.05) is 0 Å². The summed E-state index contributed by atoms with van der Waals surface area (Å²) in [5.74, 6) is 0.174. The van der Waals surface area contributed by atoms with Gasteiger partial charge in [0.2, 0.25) is 0 Å². The second kappa shape index (κ2) is 11.5. The Kier molecular flexibility index (Phi) is 8.97. The Morgan fingerprint density at radius 2 is 1.82 bits per heavy atom. The van der Waals surface area contributed by atoms with Crippen LogP contribution in [0.3, 0.4) is 0 Å². The van der Waals surface area contributed by atoms with E-state index in [2.05, 4.69) is 20.6 Å². The van der Waals surface area contributed by atoms with Gasteiger partial charge in [-0.3, -0.25) is 5.32 Å². The Hall–Kier alpha value is -3.41. The number of hydrogen-bond acceptors (Lipinski definition) is 9. The Labute approximate surface area is 191 Å². The summed E-state index contributed by atoms with van der Waals surface area (Å²) >= 11 is 0. The molecule has 0 spiro atoms. The number of alkyl carbamates (subject to hydrolysis) is 1. The van der Waals surface area contributed by atoms with Crippen molar-refractivity contribution in [3.63, 3.8) is 0 Å². The fourth-order valence-corrected chi connectivity index (χ4v) is 3.01. The normalized spacial score (nSPS) is 12.2. The Balaban J connectivity index is 2.31. The number of aliphatic hydroxyl groups is 1. The molecule has 1 atom stereocenters. The van der Waals surface area contributed by atoms with Crippen molar-refractivity contribution in [1.29, 1.82) is 0 Å². The van der Waals surface area contributed by atoms with E-state index in [1.54, 1.807) is 40.7 Å². The molecular weight excluding hydrogens is 434 g/mol. The minimum absolute atomic E-state index is 0.149. The lowest BCUT2D eigenvalue weighted by Gasteiger charge is -2.22. The zero-order chi connectivity index (χ0) is 24.6. The van der Waals surface area contributed by atoms with Gasteiger partial charge in [0.1, 0.15) is 17.7 Å². The van der Waals surface area contributed by atoms with Gasteiger partial charge in [0.05, 0.1) is 31.2 Å². The van der Waals surface area contributed by atoms with Gasteiger partial charge in [0.15, 0.2) is 5.65 Å². The average molecular weight is 466 g/mol. The number of hydrogen-bond donors (Lipinski definition) is 3. The molecule has 2 heterocycles. The van der Waals surface area contributed by atoms with Gasteiger partial charge < -0.3 is 24.6 Å². The third kappa shape index (κ3) is 7.31. The van der Waals surface area contributed by atoms with Crippen molar-refractivity contribution >= 4 is 35.1 Å². The molecule has 0 aliphatic heterocycles. The molecule has 0 aliphatic rings. The lowest BCUT2D eigenvalue weighted by atomic mass is 10.1. The average Bonchev–Trinajstić information content (AvgIpc) is 3.09. The van der Waals surface area contributed by atoms with Gasteiger partial charge >= 0.3 is 18.3 Å². The minimum Gasteiger partial charge on any atom is -0.450 e. The maximum atomic E-state index is 12.7. The van der Waals surface area contributed by atoms with Crippen molar-refractivity contribution in [2.45, 2.75) is 59.1 Å². The standard InChI is InChI=1S/C21H31N5O7/c1-6-31-18(28)25-16-15-10-14(26(20(30)32-7-2)17(15)23-12-22-16)9-8-13(11-27)24-19(29)33-21(3,4)5/h10,12-13,27H,6-9,11H2,1-5H3,(H,24,29)(H,22,23,25,28)/t13-/m0/s1. The van der Waals surface area contributed by atoms with Crippen LogP contribution in [0.1, 0.15) is 46.7 Å². The highest BCUT2D eigenvalue weighted by Crippen LogP contribution is 2.25. The van der Waals surface area contributed by atoms with Gasteiger partial charge in [0, 0.05) is 5.69 Å². The molecule has 0 fully saturated rings. The number of amides is 2. The first-order chi connectivity index (χ1) is 15.6. The van der Waals surface area contributed by atoms with Crippen LogP contribution in [0, 0.1) is 0 Å². The number of nitrogens with one attached hydrogen (secondary N) is 2. The fraction of sp³-hybridized carbons (Fsp3) is 0.571. The number of aliphatic hydroxyl groups excluding tert-OH is 1. The van der Waals surface area contributed by atoms with E-state index >= 15 is 0 Å². The lowest BCUT2D eigenvalue weighted by molar-refractivity contribution is 0.0479. The predicted molar refractivity (Wildman–Crippen MR) is 119 cm³/mol. The number of carbonyl (C=O) groups excluding carboxylic acids is 3. The van der Waals surface area contributed by atoms with Crippen LogP contribution in [0.4, 0.5) is 20.2 Å². The molecule has 2 rings (SSSR count). The summed E-state index contributed by atoms with van der Waals surface area (Å²) in [5.41, 5.74) is 0.0627. The molecule has 0 aromatic carbocycles. The molecule has 12 nitrogen and oxygen atoms in total. The number of fused-ring (bicyclic) bond motifs is 1. The molecule has 0 bridgehead atoms. The molecular formula is C21H31N5O7. The van der Waals surface area contributed by atoms with Gasteiger partial charge in [-0.05, 0) is 53.5 Å². The second-order valence-electron chi connectivity index (χ2n) is 8.04. The summed E-state index contributed by atoms with van der Waals surface area (Å²) < 4.78 is 16.6. The van der Waals surface area contributed by atoms with E-state index in [1.807, 2.05) is 0 Å². The summed E-state index contributed by atoms with van der Waals surface area (Å²) in [6, 6.07) is 1.03. The van der Waals surface area contributed by atoms with Crippen LogP contribution in [0.25, 0.3) is 11.0 Å². The van der Waals surface area contributed by atoms with Crippen LogP contribution in [0.2, 0.25) is 0 Å². The first-order valence-corrected chi connectivity index (χ1v) is 10.7. The van der Waals surface area contributed by atoms with Crippen molar-refractivity contribution in [2.75, 3.05) is 25.1 Å². The van der Waals surface area contributed by atoms with Crippen molar-refractivity contribution in [3.8, 4) is 0 Å². The molecule has 3 N–H and O–H groups in total. The summed E-state index contributed by atoms with van der Waals surface area (Å²) in [6.45, 7) is 8.57. The summed E-state index contributed by atoms with van der Waals surface area (Å²) in [5, 5.41) is 15.3. The Morgan fingerprint density at radius 1 is 1.12 bits per heavy atom. The van der Waals surface area contributed by atoms with E-state index in [9.17, 15) is 19.5 Å². The van der Waals surface area contributed by atoms with Crippen molar-refractivity contribution in [1.82, 2.24) is 19.9 Å². The van der Waals surface area contributed by atoms with Gasteiger partial charge in [-0.2, -0.15) is 0 Å². The number of rotatable bonds is 8. The number of aromatic nitrogens is 3. The molecule has 0 saturated heterocycles. The van der Waals surface area contributed by atoms with E-state index in [1.165, 1.54) is 10.9 Å². The number of carbonyl (C=O) groups is 3. The highest BCUT2D eigenvalue weighted by Gasteiger charge is 2.23. The van der Waals surface area contributed by atoms with Crippen LogP contribution in [-0.2, 0) is 20.6 Å². The number of ether oxygens (including phenoxy) is 3. The lowest BCUT2D eigenvalue weighted by Crippen LogP contribution is -2.41. The minimum atomic E-state index is -0.690.